The summed E-state index contributed by atoms with van der Waals surface area (Å²) in [5, 5.41) is 20.2. The number of amides is 2. The third-order valence-corrected chi connectivity index (χ3v) is 4.64. The molecule has 0 atom stereocenters. The summed E-state index contributed by atoms with van der Waals surface area (Å²) in [6.45, 7) is 5.14. The van der Waals surface area contributed by atoms with Gasteiger partial charge in [0.2, 0.25) is 0 Å². The van der Waals surface area contributed by atoms with Gasteiger partial charge in [-0.1, -0.05) is 0 Å². The Kier molecular flexibility index (Phi) is 6.41. The van der Waals surface area contributed by atoms with Crippen LogP contribution in [0.4, 0.5) is 20.7 Å². The molecule has 3 rings (SSSR count). The van der Waals surface area contributed by atoms with Crippen LogP contribution in [0.1, 0.15) is 18.1 Å². The zero-order valence-electron chi connectivity index (χ0n) is 16.0. The zero-order chi connectivity index (χ0) is 20.8. The number of urea groups is 1. The molecule has 10 heteroatoms. The van der Waals surface area contributed by atoms with Crippen LogP contribution >= 0.6 is 0 Å². The van der Waals surface area contributed by atoms with Crippen LogP contribution < -0.4 is 21.1 Å². The van der Waals surface area contributed by atoms with E-state index in [2.05, 4.69) is 25.7 Å². The number of aromatic nitrogens is 2. The molecule has 2 amide bonds. The molecule has 0 radical (unpaired) electrons. The fraction of sp³-hybridized carbons (Fsp3) is 0.368. The van der Waals surface area contributed by atoms with E-state index >= 15 is 0 Å². The van der Waals surface area contributed by atoms with Gasteiger partial charge in [0, 0.05) is 44.8 Å². The lowest BCUT2D eigenvalue weighted by Crippen LogP contribution is -2.46. The van der Waals surface area contributed by atoms with Crippen molar-refractivity contribution < 1.29 is 9.18 Å². The highest BCUT2D eigenvalue weighted by Gasteiger charge is 2.21. The number of rotatable bonds is 5. The van der Waals surface area contributed by atoms with Crippen LogP contribution in [0.2, 0.25) is 0 Å². The van der Waals surface area contributed by atoms with Crippen molar-refractivity contribution >= 4 is 17.5 Å². The lowest BCUT2D eigenvalue weighted by atomic mass is 10.1. The second-order valence-electron chi connectivity index (χ2n) is 6.63. The van der Waals surface area contributed by atoms with E-state index in [1.807, 2.05) is 11.0 Å². The van der Waals surface area contributed by atoms with E-state index in [1.165, 1.54) is 6.07 Å². The summed E-state index contributed by atoms with van der Waals surface area (Å²) in [4.78, 5) is 27.7. The van der Waals surface area contributed by atoms with Gasteiger partial charge in [0.15, 0.2) is 5.82 Å². The van der Waals surface area contributed by atoms with E-state index in [9.17, 15) is 14.0 Å². The third-order valence-electron chi connectivity index (χ3n) is 4.64. The fourth-order valence-corrected chi connectivity index (χ4v) is 3.17. The molecule has 0 unspecified atom stereocenters. The number of carbonyl (C=O) groups is 1. The van der Waals surface area contributed by atoms with E-state index in [0.29, 0.717) is 56.1 Å². The number of aromatic amines is 1. The van der Waals surface area contributed by atoms with Crippen LogP contribution in [0.3, 0.4) is 0 Å². The number of halogens is 1. The van der Waals surface area contributed by atoms with Crippen molar-refractivity contribution in [2.45, 2.75) is 13.5 Å². The van der Waals surface area contributed by atoms with Crippen LogP contribution in [0.25, 0.3) is 0 Å². The molecule has 1 aliphatic heterocycles. The lowest BCUT2D eigenvalue weighted by Gasteiger charge is -2.36. The molecule has 1 saturated heterocycles. The topological polar surface area (TPSA) is 117 Å². The number of benzene rings is 1. The number of H-pyrrole nitrogens is 1. The minimum absolute atomic E-state index is 0.267. The Hall–Kier alpha value is -3.45. The molecular formula is C19H22FN7O2. The number of piperazine rings is 1. The van der Waals surface area contributed by atoms with E-state index in [1.54, 1.807) is 25.1 Å². The van der Waals surface area contributed by atoms with Crippen LogP contribution in [0, 0.1) is 17.1 Å². The van der Waals surface area contributed by atoms with E-state index < -0.39 is 11.8 Å². The molecule has 9 nitrogen and oxygen atoms in total. The Morgan fingerprint density at radius 3 is 2.72 bits per heavy atom. The predicted molar refractivity (Wildman–Crippen MR) is 106 cm³/mol. The third kappa shape index (κ3) is 5.08. The van der Waals surface area contributed by atoms with Crippen molar-refractivity contribution in [2.75, 3.05) is 42.9 Å². The summed E-state index contributed by atoms with van der Waals surface area (Å²) in [6.07, 6.45) is 0. The highest BCUT2D eigenvalue weighted by Crippen LogP contribution is 2.22. The Labute approximate surface area is 167 Å². The second-order valence-corrected chi connectivity index (χ2v) is 6.63. The van der Waals surface area contributed by atoms with Gasteiger partial charge in [-0.05, 0) is 31.2 Å². The van der Waals surface area contributed by atoms with Crippen molar-refractivity contribution in [2.24, 2.45) is 0 Å². The number of nitrogens with one attached hydrogen (secondary N) is 3. The molecule has 1 aromatic carbocycles. The molecule has 3 N–H and O–H groups in total. The second kappa shape index (κ2) is 9.16. The molecule has 29 heavy (non-hydrogen) atoms. The van der Waals surface area contributed by atoms with Gasteiger partial charge in [-0.15, -0.1) is 0 Å². The monoisotopic (exact) mass is 399 g/mol. The van der Waals surface area contributed by atoms with Gasteiger partial charge in [0.25, 0.3) is 5.56 Å². The highest BCUT2D eigenvalue weighted by atomic mass is 19.1. The first-order valence-corrected chi connectivity index (χ1v) is 9.30. The Morgan fingerprint density at radius 1 is 1.31 bits per heavy atom. The smallest absolute Gasteiger partial charge is 0.320 e. The van der Waals surface area contributed by atoms with Crippen molar-refractivity contribution in [1.82, 2.24) is 20.4 Å². The van der Waals surface area contributed by atoms with E-state index in [-0.39, 0.29) is 11.4 Å². The van der Waals surface area contributed by atoms with Crippen LogP contribution in [0.5, 0.6) is 0 Å². The molecule has 1 aliphatic rings. The summed E-state index contributed by atoms with van der Waals surface area (Å²) in [6, 6.07) is 7.55. The number of anilines is 2. The van der Waals surface area contributed by atoms with Crippen LogP contribution in [-0.2, 0) is 6.54 Å². The quantitative estimate of drug-likeness (QED) is 0.697. The van der Waals surface area contributed by atoms with Crippen LogP contribution in [0.15, 0.2) is 29.1 Å². The Balaban J connectivity index is 1.61. The van der Waals surface area contributed by atoms with Gasteiger partial charge >= 0.3 is 6.03 Å². The summed E-state index contributed by atoms with van der Waals surface area (Å²) < 4.78 is 14.2. The minimum atomic E-state index is -0.413. The summed E-state index contributed by atoms with van der Waals surface area (Å²) in [5.74, 6) is -0.145. The van der Waals surface area contributed by atoms with Gasteiger partial charge in [-0.25, -0.2) is 14.3 Å². The molecule has 0 spiro atoms. The molecule has 0 aliphatic carbocycles. The molecule has 152 valence electrons. The molecule has 0 saturated carbocycles. The lowest BCUT2D eigenvalue weighted by molar-refractivity contribution is 0.248. The molecule has 2 aromatic rings. The average Bonchev–Trinajstić information content (AvgIpc) is 2.71. The van der Waals surface area contributed by atoms with Gasteiger partial charge in [-0.3, -0.25) is 15.0 Å². The summed E-state index contributed by atoms with van der Waals surface area (Å²) >= 11 is 0. The molecule has 2 heterocycles. The van der Waals surface area contributed by atoms with E-state index in [0.717, 1.165) is 0 Å². The van der Waals surface area contributed by atoms with Crippen molar-refractivity contribution in [3.63, 3.8) is 0 Å². The van der Waals surface area contributed by atoms with Gasteiger partial charge in [0.05, 0.1) is 17.3 Å². The Morgan fingerprint density at radius 2 is 2.07 bits per heavy atom. The standard InChI is InChI=1S/C19H22FN7O2/c1-2-22-19(29)23-17-10-14(18(28)25-24-17)12-26-5-7-27(8-6-26)16-4-3-13(11-21)9-15(16)20/h3-4,9-10H,2,5-8,12H2,1H3,(H,25,28)(H2,22,23,24,29). The van der Waals surface area contributed by atoms with Crippen molar-refractivity contribution in [3.05, 3.63) is 51.6 Å². The maximum Gasteiger partial charge on any atom is 0.320 e. The fourth-order valence-electron chi connectivity index (χ4n) is 3.17. The maximum absolute atomic E-state index is 14.2. The summed E-state index contributed by atoms with van der Waals surface area (Å²) in [7, 11) is 0. The number of nitrogens with zero attached hydrogens (tertiary/aromatic N) is 4. The first-order valence-electron chi connectivity index (χ1n) is 9.30. The van der Waals surface area contributed by atoms with Crippen molar-refractivity contribution in [3.8, 4) is 6.07 Å². The number of hydrogen-bond donors (Lipinski definition) is 3. The van der Waals surface area contributed by atoms with Crippen molar-refractivity contribution in [1.29, 1.82) is 5.26 Å². The van der Waals surface area contributed by atoms with Crippen LogP contribution in [-0.4, -0.2) is 53.9 Å². The average molecular weight is 399 g/mol. The number of nitriles is 1. The molecule has 1 aromatic heterocycles. The minimum Gasteiger partial charge on any atom is -0.367 e. The molecule has 1 fully saturated rings. The van der Waals surface area contributed by atoms with Gasteiger partial charge in [0.1, 0.15) is 5.82 Å². The maximum atomic E-state index is 14.2. The molecular weight excluding hydrogens is 377 g/mol. The summed E-state index contributed by atoms with van der Waals surface area (Å²) in [5.41, 5.74) is 0.939. The number of hydrogen-bond acceptors (Lipinski definition) is 6. The molecule has 0 bridgehead atoms. The highest BCUT2D eigenvalue weighted by molar-refractivity contribution is 5.88. The first kappa shape index (κ1) is 20.3. The van der Waals surface area contributed by atoms with Gasteiger partial charge in [-0.2, -0.15) is 10.4 Å². The van der Waals surface area contributed by atoms with E-state index in [4.69, 9.17) is 5.26 Å². The number of carbonyl (C=O) groups excluding carboxylic acids is 1. The normalized spacial score (nSPS) is 14.3. The van der Waals surface area contributed by atoms with Gasteiger partial charge < -0.3 is 10.2 Å². The first-order chi connectivity index (χ1) is 14.0. The SMILES string of the molecule is CCNC(=O)Nc1cc(CN2CCN(c3ccc(C#N)cc3F)CC2)c(=O)[nH]n1. The Bertz CT molecular complexity index is 977. The predicted octanol–water partition coefficient (Wildman–Crippen LogP) is 1.24. The zero-order valence-corrected chi connectivity index (χ0v) is 16.0. The largest absolute Gasteiger partial charge is 0.367 e.